The highest BCUT2D eigenvalue weighted by molar-refractivity contribution is 7.09. The Labute approximate surface area is 128 Å². The highest BCUT2D eigenvalue weighted by Gasteiger charge is 2.34. The van der Waals surface area contributed by atoms with Gasteiger partial charge in [0.1, 0.15) is 5.01 Å². The monoisotopic (exact) mass is 302 g/mol. The van der Waals surface area contributed by atoms with Crippen molar-refractivity contribution < 1.29 is 9.47 Å². The maximum absolute atomic E-state index is 5.57. The number of benzene rings is 1. The van der Waals surface area contributed by atoms with E-state index in [9.17, 15) is 0 Å². The van der Waals surface area contributed by atoms with Crippen LogP contribution in [0.2, 0.25) is 0 Å². The summed E-state index contributed by atoms with van der Waals surface area (Å²) in [7, 11) is 0. The molecular weight excluding hydrogens is 284 g/mol. The van der Waals surface area contributed by atoms with E-state index in [1.807, 2.05) is 12.1 Å². The lowest BCUT2D eigenvalue weighted by atomic mass is 10.1. The number of para-hydroxylation sites is 1. The summed E-state index contributed by atoms with van der Waals surface area (Å²) >= 11 is 1.76. The minimum Gasteiger partial charge on any atom is -0.454 e. The van der Waals surface area contributed by atoms with Crippen LogP contribution < -0.4 is 14.8 Å². The van der Waals surface area contributed by atoms with Crippen molar-refractivity contribution in [2.45, 2.75) is 32.4 Å². The molecule has 1 aromatic heterocycles. The van der Waals surface area contributed by atoms with Crippen LogP contribution in [0, 0.1) is 12.8 Å². The van der Waals surface area contributed by atoms with Gasteiger partial charge in [0.05, 0.1) is 6.04 Å². The zero-order valence-corrected chi connectivity index (χ0v) is 12.8. The summed E-state index contributed by atoms with van der Waals surface area (Å²) in [6.45, 7) is 3.16. The van der Waals surface area contributed by atoms with Crippen LogP contribution in [0.5, 0.6) is 11.5 Å². The Kier molecular flexibility index (Phi) is 3.31. The normalized spacial score (nSPS) is 18.0. The second kappa shape index (κ2) is 5.31. The zero-order chi connectivity index (χ0) is 14.2. The Balaban J connectivity index is 1.51. The molecule has 4 nitrogen and oxygen atoms in total. The van der Waals surface area contributed by atoms with E-state index in [2.05, 4.69) is 28.7 Å². The van der Waals surface area contributed by atoms with Crippen molar-refractivity contribution in [3.05, 3.63) is 39.8 Å². The third-order valence-electron chi connectivity index (χ3n) is 3.99. The van der Waals surface area contributed by atoms with Gasteiger partial charge in [-0.3, -0.25) is 0 Å². The summed E-state index contributed by atoms with van der Waals surface area (Å²) in [5, 5.41) is 7.01. The van der Waals surface area contributed by atoms with Crippen molar-refractivity contribution in [2.24, 2.45) is 5.92 Å². The number of hydrogen-bond acceptors (Lipinski definition) is 5. The maximum Gasteiger partial charge on any atom is 0.231 e. The van der Waals surface area contributed by atoms with E-state index in [-0.39, 0.29) is 0 Å². The van der Waals surface area contributed by atoms with Crippen molar-refractivity contribution >= 4 is 11.3 Å². The van der Waals surface area contributed by atoms with E-state index < -0.39 is 0 Å². The molecule has 0 spiro atoms. The fraction of sp³-hybridized carbons (Fsp3) is 0.438. The van der Waals surface area contributed by atoms with Crippen LogP contribution in [-0.4, -0.2) is 11.8 Å². The van der Waals surface area contributed by atoms with Crippen molar-refractivity contribution in [3.63, 3.8) is 0 Å². The molecule has 1 atom stereocenters. The molecule has 0 amide bonds. The minimum absolute atomic E-state index is 0.323. The van der Waals surface area contributed by atoms with Crippen LogP contribution in [0.3, 0.4) is 0 Å². The lowest BCUT2D eigenvalue weighted by Crippen LogP contribution is -2.22. The SMILES string of the molecule is Cc1csc(C(NCc2cccc3c2OCO3)C2CC2)n1. The third kappa shape index (κ3) is 2.63. The number of aryl methyl sites for hydroxylation is 1. The fourth-order valence-electron chi connectivity index (χ4n) is 2.75. The molecule has 0 radical (unpaired) electrons. The average molecular weight is 302 g/mol. The van der Waals surface area contributed by atoms with Crippen LogP contribution in [0.1, 0.15) is 35.1 Å². The second-order valence-electron chi connectivity index (χ2n) is 5.67. The Morgan fingerprint density at radius 1 is 1.38 bits per heavy atom. The Hall–Kier alpha value is -1.59. The topological polar surface area (TPSA) is 43.4 Å². The molecule has 5 heteroatoms. The number of hydrogen-bond donors (Lipinski definition) is 1. The van der Waals surface area contributed by atoms with Gasteiger partial charge in [-0.15, -0.1) is 11.3 Å². The lowest BCUT2D eigenvalue weighted by Gasteiger charge is -2.16. The van der Waals surface area contributed by atoms with Crippen molar-refractivity contribution in [1.82, 2.24) is 10.3 Å². The third-order valence-corrected chi connectivity index (χ3v) is 5.03. The van der Waals surface area contributed by atoms with Crippen LogP contribution in [0.4, 0.5) is 0 Å². The smallest absolute Gasteiger partial charge is 0.231 e. The molecule has 2 heterocycles. The number of rotatable bonds is 5. The Bertz CT molecular complexity index is 651. The van der Waals surface area contributed by atoms with Gasteiger partial charge in [0, 0.05) is 23.2 Å². The van der Waals surface area contributed by atoms with Gasteiger partial charge in [0.25, 0.3) is 0 Å². The summed E-state index contributed by atoms with van der Waals surface area (Å²) in [6.07, 6.45) is 2.59. The number of ether oxygens (including phenoxy) is 2. The number of thiazole rings is 1. The molecule has 1 aliphatic carbocycles. The van der Waals surface area contributed by atoms with Gasteiger partial charge in [0.15, 0.2) is 11.5 Å². The summed E-state index contributed by atoms with van der Waals surface area (Å²) < 4.78 is 11.0. The van der Waals surface area contributed by atoms with Crippen molar-refractivity contribution in [1.29, 1.82) is 0 Å². The molecule has 0 saturated heterocycles. The molecule has 2 aliphatic rings. The highest BCUT2D eigenvalue weighted by atomic mass is 32.1. The average Bonchev–Trinajstić information content (AvgIpc) is 3.04. The Morgan fingerprint density at radius 2 is 2.29 bits per heavy atom. The first-order valence-corrected chi connectivity index (χ1v) is 8.22. The minimum atomic E-state index is 0.323. The van der Waals surface area contributed by atoms with E-state index in [0.29, 0.717) is 12.8 Å². The first kappa shape index (κ1) is 13.1. The van der Waals surface area contributed by atoms with Gasteiger partial charge in [-0.25, -0.2) is 4.98 Å². The molecule has 1 N–H and O–H groups in total. The maximum atomic E-state index is 5.57. The number of nitrogens with zero attached hydrogens (tertiary/aromatic N) is 1. The molecular formula is C16H18N2O2S. The molecule has 110 valence electrons. The van der Waals surface area contributed by atoms with Gasteiger partial charge in [0.2, 0.25) is 6.79 Å². The standard InChI is InChI=1S/C16H18N2O2S/c1-10-8-21-16(18-10)14(11-5-6-11)17-7-12-3-2-4-13-15(12)20-9-19-13/h2-4,8,11,14,17H,5-7,9H2,1H3. The van der Waals surface area contributed by atoms with Crippen LogP contribution in [0.25, 0.3) is 0 Å². The van der Waals surface area contributed by atoms with Crippen molar-refractivity contribution in [2.75, 3.05) is 6.79 Å². The highest BCUT2D eigenvalue weighted by Crippen LogP contribution is 2.42. The van der Waals surface area contributed by atoms with Crippen LogP contribution >= 0.6 is 11.3 Å². The number of nitrogens with one attached hydrogen (secondary N) is 1. The fourth-order valence-corrected chi connectivity index (χ4v) is 3.71. The molecule has 1 aromatic carbocycles. The van der Waals surface area contributed by atoms with E-state index >= 15 is 0 Å². The van der Waals surface area contributed by atoms with E-state index in [1.165, 1.54) is 17.8 Å². The van der Waals surface area contributed by atoms with Gasteiger partial charge in [-0.2, -0.15) is 0 Å². The largest absolute Gasteiger partial charge is 0.454 e. The molecule has 1 unspecified atom stereocenters. The zero-order valence-electron chi connectivity index (χ0n) is 12.0. The van der Waals surface area contributed by atoms with E-state index in [0.717, 1.165) is 35.2 Å². The summed E-state index contributed by atoms with van der Waals surface area (Å²) in [6, 6.07) is 6.43. The predicted molar refractivity (Wildman–Crippen MR) is 81.7 cm³/mol. The van der Waals surface area contributed by atoms with Gasteiger partial charge in [-0.1, -0.05) is 12.1 Å². The second-order valence-corrected chi connectivity index (χ2v) is 6.56. The van der Waals surface area contributed by atoms with Crippen LogP contribution in [-0.2, 0) is 6.54 Å². The lowest BCUT2D eigenvalue weighted by molar-refractivity contribution is 0.173. The first-order valence-electron chi connectivity index (χ1n) is 7.34. The molecule has 0 bridgehead atoms. The summed E-state index contributed by atoms with van der Waals surface area (Å²) in [4.78, 5) is 4.66. The quantitative estimate of drug-likeness (QED) is 0.919. The summed E-state index contributed by atoms with van der Waals surface area (Å²) in [5.74, 6) is 2.46. The summed E-state index contributed by atoms with van der Waals surface area (Å²) in [5.41, 5.74) is 2.27. The molecule has 21 heavy (non-hydrogen) atoms. The Morgan fingerprint density at radius 3 is 3.05 bits per heavy atom. The predicted octanol–water partition coefficient (Wildman–Crippen LogP) is 3.42. The molecule has 4 rings (SSSR count). The molecule has 1 fully saturated rings. The molecule has 1 saturated carbocycles. The number of fused-ring (bicyclic) bond motifs is 1. The first-order chi connectivity index (χ1) is 10.3. The van der Waals surface area contributed by atoms with Gasteiger partial charge < -0.3 is 14.8 Å². The van der Waals surface area contributed by atoms with Crippen molar-refractivity contribution in [3.8, 4) is 11.5 Å². The number of aromatic nitrogens is 1. The van der Waals surface area contributed by atoms with Crippen LogP contribution in [0.15, 0.2) is 23.6 Å². The molecule has 1 aliphatic heterocycles. The van der Waals surface area contributed by atoms with Gasteiger partial charge in [-0.05, 0) is 31.7 Å². The van der Waals surface area contributed by atoms with Gasteiger partial charge >= 0.3 is 0 Å². The van der Waals surface area contributed by atoms with E-state index in [1.54, 1.807) is 11.3 Å². The molecule has 2 aromatic rings. The van der Waals surface area contributed by atoms with E-state index in [4.69, 9.17) is 9.47 Å².